The summed E-state index contributed by atoms with van der Waals surface area (Å²) in [7, 11) is 1.79. The molecule has 3 N–H and O–H groups in total. The molecule has 1 saturated carbocycles. The van der Waals surface area contributed by atoms with Crippen molar-refractivity contribution in [3.8, 4) is 5.75 Å². The molecule has 1 aliphatic rings. The van der Waals surface area contributed by atoms with Gasteiger partial charge in [0.25, 0.3) is 5.56 Å². The Kier molecular flexibility index (Phi) is 8.86. The smallest absolute Gasteiger partial charge is 0.330 e. The maximum atomic E-state index is 13.4. The topological polar surface area (TPSA) is 114 Å². The van der Waals surface area contributed by atoms with Crippen LogP contribution >= 0.6 is 0 Å². The minimum atomic E-state index is -0.641. The van der Waals surface area contributed by atoms with Crippen molar-refractivity contribution < 1.29 is 13.9 Å². The molecule has 1 aliphatic carbocycles. The second kappa shape index (κ2) is 11.8. The first-order chi connectivity index (χ1) is 16.3. The number of amides is 1. The third kappa shape index (κ3) is 6.25. The number of carbonyl (C=O) groups excluding carboxylic acids is 1. The highest BCUT2D eigenvalue weighted by Crippen LogP contribution is 2.29. The minimum Gasteiger partial charge on any atom is -0.492 e. The van der Waals surface area contributed by atoms with Crippen molar-refractivity contribution in [3.63, 3.8) is 0 Å². The number of carbonyl (C=O) groups is 1. The van der Waals surface area contributed by atoms with E-state index in [1.807, 2.05) is 6.92 Å². The van der Waals surface area contributed by atoms with Crippen LogP contribution in [-0.2, 0) is 11.3 Å². The van der Waals surface area contributed by atoms with Crippen molar-refractivity contribution in [2.45, 2.75) is 58.0 Å². The fraction of sp³-hybridized carbons (Fsp3) is 0.542. The lowest BCUT2D eigenvalue weighted by Gasteiger charge is -2.31. The first kappa shape index (κ1) is 25.5. The Balaban J connectivity index is 1.76. The fourth-order valence-corrected chi connectivity index (χ4v) is 4.26. The molecule has 1 heterocycles. The van der Waals surface area contributed by atoms with Crippen molar-refractivity contribution in [1.82, 2.24) is 14.5 Å². The average Bonchev–Trinajstić information content (AvgIpc) is 3.32. The molecule has 0 unspecified atom stereocenters. The Morgan fingerprint density at radius 3 is 2.56 bits per heavy atom. The number of anilines is 2. The van der Waals surface area contributed by atoms with Gasteiger partial charge in [-0.3, -0.25) is 24.0 Å². The number of nitrogens with two attached hydrogens (primary N) is 1. The van der Waals surface area contributed by atoms with Gasteiger partial charge in [-0.15, -0.1) is 0 Å². The highest BCUT2D eigenvalue weighted by molar-refractivity contribution is 5.97. The summed E-state index contributed by atoms with van der Waals surface area (Å²) >= 11 is 0. The fourth-order valence-electron chi connectivity index (χ4n) is 4.26. The molecule has 1 amide bonds. The third-order valence-corrected chi connectivity index (χ3v) is 6.11. The number of ether oxygens (including phenoxy) is 1. The van der Waals surface area contributed by atoms with Crippen LogP contribution in [0.25, 0.3) is 0 Å². The second-order valence-corrected chi connectivity index (χ2v) is 8.74. The molecule has 1 fully saturated rings. The molecule has 0 radical (unpaired) electrons. The van der Waals surface area contributed by atoms with Gasteiger partial charge in [-0.2, -0.15) is 0 Å². The molecule has 9 nitrogen and oxygen atoms in total. The van der Waals surface area contributed by atoms with Crippen LogP contribution in [-0.4, -0.2) is 53.1 Å². The van der Waals surface area contributed by atoms with Crippen LogP contribution in [0.3, 0.4) is 0 Å². The van der Waals surface area contributed by atoms with E-state index in [9.17, 15) is 18.8 Å². The predicted octanol–water partition coefficient (Wildman–Crippen LogP) is 2.34. The van der Waals surface area contributed by atoms with Gasteiger partial charge in [-0.25, -0.2) is 9.18 Å². The minimum absolute atomic E-state index is 0.0322. The number of hydrogen-bond acceptors (Lipinski definition) is 6. The zero-order valence-corrected chi connectivity index (χ0v) is 19.9. The second-order valence-electron chi connectivity index (χ2n) is 8.74. The number of benzene rings is 1. The van der Waals surface area contributed by atoms with Crippen LogP contribution in [0.5, 0.6) is 5.75 Å². The first-order valence-corrected chi connectivity index (χ1v) is 11.8. The summed E-state index contributed by atoms with van der Waals surface area (Å²) in [5.74, 6) is -0.0153. The highest BCUT2D eigenvalue weighted by atomic mass is 19.1. The zero-order chi connectivity index (χ0) is 24.7. The monoisotopic (exact) mass is 475 g/mol. The summed E-state index contributed by atoms with van der Waals surface area (Å²) in [5.41, 5.74) is 5.16. The Morgan fingerprint density at radius 2 is 1.91 bits per heavy atom. The first-order valence-electron chi connectivity index (χ1n) is 11.8. The molecule has 10 heteroatoms. The molecule has 0 atom stereocenters. The molecule has 1 aromatic heterocycles. The molecule has 1 aromatic carbocycles. The van der Waals surface area contributed by atoms with E-state index in [0.29, 0.717) is 25.4 Å². The molecule has 0 aliphatic heterocycles. The van der Waals surface area contributed by atoms with E-state index in [4.69, 9.17) is 10.5 Å². The Hall–Kier alpha value is -3.14. The number of halogens is 1. The van der Waals surface area contributed by atoms with Gasteiger partial charge in [0.1, 0.15) is 24.0 Å². The van der Waals surface area contributed by atoms with Gasteiger partial charge in [0.2, 0.25) is 5.91 Å². The van der Waals surface area contributed by atoms with Gasteiger partial charge in [-0.1, -0.05) is 26.2 Å². The summed E-state index contributed by atoms with van der Waals surface area (Å²) in [6.45, 7) is 3.18. The SMILES string of the molecule is CCCCn1c(N)c(N(C(=O)CN(C)CCOc2ccc(F)cc2)C2CCCC2)c(=O)[nH]c1=O. The van der Waals surface area contributed by atoms with E-state index in [1.165, 1.54) is 21.6 Å². The standard InChI is InChI=1S/C24H34FN5O4/c1-3-4-13-29-22(26)21(23(32)27-24(29)33)30(18-7-5-6-8-18)20(31)16-28(2)14-15-34-19-11-9-17(25)10-12-19/h9-12,18H,3-8,13-16,26H2,1-2H3,(H,27,32,33). The summed E-state index contributed by atoms with van der Waals surface area (Å²) in [5, 5.41) is 0. The van der Waals surface area contributed by atoms with Gasteiger partial charge < -0.3 is 15.4 Å². The predicted molar refractivity (Wildman–Crippen MR) is 130 cm³/mol. The van der Waals surface area contributed by atoms with Gasteiger partial charge in [0.15, 0.2) is 5.69 Å². The van der Waals surface area contributed by atoms with Crippen molar-refractivity contribution >= 4 is 17.4 Å². The number of unbranched alkanes of at least 4 members (excludes halogenated alkanes) is 1. The van der Waals surface area contributed by atoms with E-state index in [1.54, 1.807) is 24.1 Å². The lowest BCUT2D eigenvalue weighted by atomic mass is 10.2. The zero-order valence-electron chi connectivity index (χ0n) is 19.9. The molecule has 0 spiro atoms. The number of rotatable bonds is 11. The average molecular weight is 476 g/mol. The molecule has 0 bridgehead atoms. The Bertz CT molecular complexity index is 1080. The van der Waals surface area contributed by atoms with E-state index in [-0.39, 0.29) is 35.8 Å². The molecule has 186 valence electrons. The number of aromatic amines is 1. The highest BCUT2D eigenvalue weighted by Gasteiger charge is 2.32. The molecular weight excluding hydrogens is 441 g/mol. The van der Waals surface area contributed by atoms with Crippen molar-refractivity contribution in [2.24, 2.45) is 0 Å². The maximum Gasteiger partial charge on any atom is 0.330 e. The number of aromatic nitrogens is 2. The number of H-pyrrole nitrogens is 1. The normalized spacial score (nSPS) is 14.0. The largest absolute Gasteiger partial charge is 0.492 e. The number of nitrogen functional groups attached to an aromatic ring is 1. The number of hydrogen-bond donors (Lipinski definition) is 2. The van der Waals surface area contributed by atoms with E-state index >= 15 is 0 Å². The van der Waals surface area contributed by atoms with Gasteiger partial charge in [0, 0.05) is 19.1 Å². The van der Waals surface area contributed by atoms with Crippen molar-refractivity contribution in [3.05, 3.63) is 50.9 Å². The summed E-state index contributed by atoms with van der Waals surface area (Å²) in [4.78, 5) is 44.2. The van der Waals surface area contributed by atoms with Gasteiger partial charge in [-0.05, 0) is 50.6 Å². The lowest BCUT2D eigenvalue weighted by Crippen LogP contribution is -2.49. The Morgan fingerprint density at radius 1 is 1.24 bits per heavy atom. The molecule has 34 heavy (non-hydrogen) atoms. The molecule has 2 aromatic rings. The molecule has 3 rings (SSSR count). The number of likely N-dealkylation sites (N-methyl/N-ethyl adjacent to an activating group) is 1. The molecule has 0 saturated heterocycles. The summed E-state index contributed by atoms with van der Waals surface area (Å²) in [6, 6.07) is 5.60. The van der Waals surface area contributed by atoms with Gasteiger partial charge in [0.05, 0.1) is 6.54 Å². The van der Waals surface area contributed by atoms with Crippen molar-refractivity contribution in [2.75, 3.05) is 37.4 Å². The summed E-state index contributed by atoms with van der Waals surface area (Å²) < 4.78 is 20.0. The third-order valence-electron chi connectivity index (χ3n) is 6.11. The van der Waals surface area contributed by atoms with Crippen molar-refractivity contribution in [1.29, 1.82) is 0 Å². The van der Waals surface area contributed by atoms with Crippen LogP contribution in [0.1, 0.15) is 45.4 Å². The van der Waals surface area contributed by atoms with Crippen LogP contribution in [0, 0.1) is 5.82 Å². The van der Waals surface area contributed by atoms with Crippen LogP contribution in [0.2, 0.25) is 0 Å². The van der Waals surface area contributed by atoms with Gasteiger partial charge >= 0.3 is 5.69 Å². The van der Waals surface area contributed by atoms with E-state index in [0.717, 1.165) is 38.5 Å². The van der Waals surface area contributed by atoms with Crippen LogP contribution in [0.4, 0.5) is 15.9 Å². The molecular formula is C24H34FN5O4. The van der Waals surface area contributed by atoms with E-state index in [2.05, 4.69) is 4.98 Å². The number of nitrogens with zero attached hydrogens (tertiary/aromatic N) is 3. The Labute approximate surface area is 198 Å². The van der Waals surface area contributed by atoms with E-state index < -0.39 is 11.2 Å². The lowest BCUT2D eigenvalue weighted by molar-refractivity contribution is -0.120. The van der Waals surface area contributed by atoms with Crippen LogP contribution < -0.4 is 26.6 Å². The maximum absolute atomic E-state index is 13.4. The van der Waals surface area contributed by atoms with Crippen LogP contribution in [0.15, 0.2) is 33.9 Å². The summed E-state index contributed by atoms with van der Waals surface area (Å²) in [6.07, 6.45) is 5.05. The number of nitrogens with one attached hydrogen (secondary N) is 1. The quantitative estimate of drug-likeness (QED) is 0.516.